The van der Waals surface area contributed by atoms with Crippen molar-refractivity contribution in [2.75, 3.05) is 0 Å². The van der Waals surface area contributed by atoms with Crippen LogP contribution in [0.15, 0.2) is 71.9 Å². The number of imide groups is 1. The Morgan fingerprint density at radius 2 is 1.30 bits per heavy atom. The molecule has 0 spiro atoms. The fourth-order valence-electron chi connectivity index (χ4n) is 5.81. The Labute approximate surface area is 239 Å². The van der Waals surface area contributed by atoms with Crippen LogP contribution < -0.4 is 0 Å². The Bertz CT molecular complexity index is 1630. The fraction of sp³-hybridized carbons (Fsp3) is 0.321. The van der Waals surface area contributed by atoms with Crippen LogP contribution in [0.1, 0.15) is 57.5 Å². The number of fused-ring (bicyclic) bond motifs is 1. The predicted octanol–water partition coefficient (Wildman–Crippen LogP) is 6.42. The number of sulfone groups is 1. The molecule has 3 aromatic rings. The quantitative estimate of drug-likeness (QED) is 0.184. The highest BCUT2D eigenvalue weighted by molar-refractivity contribution is 7.92. The molecule has 43 heavy (non-hydrogen) atoms. The third kappa shape index (κ3) is 4.59. The summed E-state index contributed by atoms with van der Waals surface area (Å²) in [6.45, 7) is 0. The molecule has 0 atom stereocenters. The van der Waals surface area contributed by atoms with Crippen molar-refractivity contribution in [3.8, 4) is 0 Å². The highest BCUT2D eigenvalue weighted by Gasteiger charge is 2.73. The summed E-state index contributed by atoms with van der Waals surface area (Å²) in [6, 6.07) is 6.08. The maximum atomic E-state index is 14.7. The van der Waals surface area contributed by atoms with E-state index in [2.05, 4.69) is 4.98 Å². The molecule has 0 N–H and O–H groups in total. The first-order valence-electron chi connectivity index (χ1n) is 12.7. The third-order valence-corrected chi connectivity index (χ3v) is 10.6. The van der Waals surface area contributed by atoms with Gasteiger partial charge in [0, 0.05) is 24.0 Å². The Balaban J connectivity index is 1.55. The number of aromatic nitrogens is 1. The number of carbonyl (C=O) groups is 2. The highest BCUT2D eigenvalue weighted by atomic mass is 32.2. The molecule has 0 radical (unpaired) electrons. The zero-order valence-electron chi connectivity index (χ0n) is 21.7. The molecule has 1 aliphatic heterocycles. The lowest BCUT2D eigenvalue weighted by Gasteiger charge is -2.42. The number of carbonyl (C=O) groups excluding carboxylic acids is 2. The molecule has 1 aliphatic carbocycles. The van der Waals surface area contributed by atoms with Gasteiger partial charge in [0.15, 0.2) is 9.84 Å². The SMILES string of the molecule is O=C1c2ccncc2C(=O)N1[C@H]1CC[C@@](c2ccc(C(F)(C(F)(F)F)C(F)(F)F)cc2)(S(=O)(=O)c2ccc(F)cc2)CC1. The third-order valence-electron chi connectivity index (χ3n) is 8.08. The lowest BCUT2D eigenvalue weighted by molar-refractivity contribution is -0.348. The first kappa shape index (κ1) is 30.6. The number of rotatable bonds is 5. The largest absolute Gasteiger partial charge is 0.435 e. The van der Waals surface area contributed by atoms with Crippen LogP contribution >= 0.6 is 0 Å². The van der Waals surface area contributed by atoms with Crippen molar-refractivity contribution in [1.29, 1.82) is 0 Å². The molecule has 2 aliphatic rings. The summed E-state index contributed by atoms with van der Waals surface area (Å²) in [5, 5.41) is 0. The average Bonchev–Trinajstić information content (AvgIpc) is 3.21. The first-order valence-corrected chi connectivity index (χ1v) is 14.2. The minimum absolute atomic E-state index is 0.0582. The van der Waals surface area contributed by atoms with E-state index in [1.54, 1.807) is 0 Å². The van der Waals surface area contributed by atoms with Gasteiger partial charge in [-0.3, -0.25) is 19.5 Å². The molecule has 2 aromatic carbocycles. The molecule has 5 rings (SSSR count). The van der Waals surface area contributed by atoms with Crippen LogP contribution in [0.3, 0.4) is 0 Å². The second-order valence-electron chi connectivity index (χ2n) is 10.3. The Kier molecular flexibility index (Phi) is 7.18. The summed E-state index contributed by atoms with van der Waals surface area (Å²) in [5.41, 5.74) is -7.59. The molecule has 15 heteroatoms. The van der Waals surface area contributed by atoms with Gasteiger partial charge >= 0.3 is 18.0 Å². The first-order chi connectivity index (χ1) is 20.0. The number of alkyl halides is 7. The maximum absolute atomic E-state index is 14.7. The minimum atomic E-state index is -6.37. The number of hydrogen-bond acceptors (Lipinski definition) is 5. The minimum Gasteiger partial charge on any atom is -0.271 e. The summed E-state index contributed by atoms with van der Waals surface area (Å²) in [5.74, 6) is -2.03. The van der Waals surface area contributed by atoms with Gasteiger partial charge in [0.2, 0.25) is 0 Å². The van der Waals surface area contributed by atoms with E-state index in [1.165, 1.54) is 18.5 Å². The van der Waals surface area contributed by atoms with Gasteiger partial charge in [-0.25, -0.2) is 17.2 Å². The standard InChI is InChI=1S/C28H20F8N2O4S/c29-18-5-7-20(8-6-18)43(41,42)25(16-1-3-17(4-2-16)26(30,27(31,32)33)28(34,35)36)12-9-19(10-13-25)38-23(39)21-11-14-37-15-22(21)24(38)40/h1-8,11,14-15,19H,9-10,12-13H2/t19-,25+. The van der Waals surface area contributed by atoms with Crippen molar-refractivity contribution in [1.82, 2.24) is 9.88 Å². The molecule has 6 nitrogen and oxygen atoms in total. The molecular formula is C28H20F8N2O4S. The second kappa shape index (κ2) is 10.1. The van der Waals surface area contributed by atoms with E-state index in [1.807, 2.05) is 0 Å². The fourth-order valence-corrected chi connectivity index (χ4v) is 7.97. The zero-order valence-corrected chi connectivity index (χ0v) is 22.5. The predicted molar refractivity (Wildman–Crippen MR) is 134 cm³/mol. The lowest BCUT2D eigenvalue weighted by atomic mass is 9.79. The molecule has 0 unspecified atom stereocenters. The molecule has 1 saturated carbocycles. The molecule has 1 fully saturated rings. The number of amides is 2. The Hall–Kier alpha value is -3.88. The van der Waals surface area contributed by atoms with Crippen molar-refractivity contribution in [3.05, 3.63) is 95.1 Å². The van der Waals surface area contributed by atoms with E-state index in [0.29, 0.717) is 12.1 Å². The normalized spacial score (nSPS) is 21.7. The van der Waals surface area contributed by atoms with Crippen LogP contribution in [0.5, 0.6) is 0 Å². The summed E-state index contributed by atoms with van der Waals surface area (Å²) in [6.07, 6.45) is -11.1. The summed E-state index contributed by atoms with van der Waals surface area (Å²) in [7, 11) is -4.53. The number of nitrogens with zero attached hydrogens (tertiary/aromatic N) is 2. The second-order valence-corrected chi connectivity index (χ2v) is 12.6. The molecule has 0 bridgehead atoms. The summed E-state index contributed by atoms with van der Waals surface area (Å²) < 4.78 is 134. The lowest BCUT2D eigenvalue weighted by Crippen LogP contribution is -2.50. The molecular weight excluding hydrogens is 612 g/mol. The van der Waals surface area contributed by atoms with Crippen LogP contribution in [0.25, 0.3) is 0 Å². The Morgan fingerprint density at radius 1 is 0.767 bits per heavy atom. The van der Waals surface area contributed by atoms with Crippen molar-refractivity contribution in [2.45, 2.75) is 59.4 Å². The van der Waals surface area contributed by atoms with Crippen LogP contribution in [-0.2, 0) is 20.3 Å². The molecule has 0 saturated heterocycles. The van der Waals surface area contributed by atoms with Gasteiger partial charge in [-0.05, 0) is 61.6 Å². The summed E-state index contributed by atoms with van der Waals surface area (Å²) >= 11 is 0. The van der Waals surface area contributed by atoms with Gasteiger partial charge in [0.1, 0.15) is 10.6 Å². The van der Waals surface area contributed by atoms with Crippen LogP contribution in [-0.4, -0.2) is 48.5 Å². The topological polar surface area (TPSA) is 84.4 Å². The monoisotopic (exact) mass is 632 g/mol. The van der Waals surface area contributed by atoms with Gasteiger partial charge in [0.05, 0.1) is 16.0 Å². The molecule has 1 aromatic heterocycles. The van der Waals surface area contributed by atoms with E-state index < -0.39 is 61.8 Å². The van der Waals surface area contributed by atoms with E-state index in [-0.39, 0.29) is 59.4 Å². The van der Waals surface area contributed by atoms with Crippen LogP contribution in [0.2, 0.25) is 0 Å². The molecule has 2 amide bonds. The maximum Gasteiger partial charge on any atom is 0.435 e. The van der Waals surface area contributed by atoms with E-state index in [4.69, 9.17) is 0 Å². The average molecular weight is 633 g/mol. The molecule has 2 heterocycles. The summed E-state index contributed by atoms with van der Waals surface area (Å²) in [4.78, 5) is 30.4. The van der Waals surface area contributed by atoms with Crippen molar-refractivity contribution >= 4 is 21.7 Å². The smallest absolute Gasteiger partial charge is 0.271 e. The Morgan fingerprint density at radius 3 is 1.81 bits per heavy atom. The zero-order chi connectivity index (χ0) is 31.6. The van der Waals surface area contributed by atoms with Gasteiger partial charge < -0.3 is 0 Å². The van der Waals surface area contributed by atoms with Gasteiger partial charge in [0.25, 0.3) is 11.8 Å². The van der Waals surface area contributed by atoms with E-state index in [9.17, 15) is 53.1 Å². The van der Waals surface area contributed by atoms with Gasteiger partial charge in [-0.15, -0.1) is 0 Å². The van der Waals surface area contributed by atoms with Gasteiger partial charge in [-0.1, -0.05) is 24.3 Å². The van der Waals surface area contributed by atoms with E-state index in [0.717, 1.165) is 29.2 Å². The van der Waals surface area contributed by atoms with Crippen LogP contribution in [0, 0.1) is 5.82 Å². The van der Waals surface area contributed by atoms with Crippen molar-refractivity contribution in [3.63, 3.8) is 0 Å². The van der Waals surface area contributed by atoms with E-state index >= 15 is 0 Å². The highest BCUT2D eigenvalue weighted by Crippen LogP contribution is 2.54. The number of benzene rings is 2. The van der Waals surface area contributed by atoms with Crippen molar-refractivity contribution in [2.24, 2.45) is 0 Å². The molecule has 228 valence electrons. The van der Waals surface area contributed by atoms with Gasteiger partial charge in [-0.2, -0.15) is 26.3 Å². The number of hydrogen-bond donors (Lipinski definition) is 0. The van der Waals surface area contributed by atoms with Crippen LogP contribution in [0.4, 0.5) is 35.1 Å². The number of halogens is 8. The van der Waals surface area contributed by atoms with Crippen molar-refractivity contribution < 1.29 is 53.1 Å². The number of pyridine rings is 1.